The molecule has 22 heavy (non-hydrogen) atoms. The van der Waals surface area contributed by atoms with Crippen LogP contribution in [0.25, 0.3) is 0 Å². The smallest absolute Gasteiger partial charge is 0.188 e. The number of hydrogen-bond acceptors (Lipinski definition) is 2. The van der Waals surface area contributed by atoms with Crippen molar-refractivity contribution in [2.45, 2.75) is 84.4 Å². The summed E-state index contributed by atoms with van der Waals surface area (Å²) >= 11 is 0. The summed E-state index contributed by atoms with van der Waals surface area (Å²) in [5.74, 6) is 0.415. The van der Waals surface area contributed by atoms with Gasteiger partial charge in [0.05, 0.1) is 0 Å². The molecule has 0 fully saturated rings. The largest absolute Gasteiger partial charge is 0.508 e. The molecular formula is C19H34O2Si. The first-order valence-electron chi connectivity index (χ1n) is 8.31. The van der Waals surface area contributed by atoms with E-state index >= 15 is 0 Å². The molecule has 0 aliphatic heterocycles. The Hall–Kier alpha value is -0.803. The van der Waals surface area contributed by atoms with Crippen LogP contribution in [0.1, 0.15) is 63.6 Å². The minimum Gasteiger partial charge on any atom is -0.508 e. The molecule has 2 N–H and O–H groups in total. The van der Waals surface area contributed by atoms with Crippen LogP contribution >= 0.6 is 0 Å². The normalized spacial score (nSPS) is 13.5. The van der Waals surface area contributed by atoms with Gasteiger partial charge >= 0.3 is 0 Å². The topological polar surface area (TPSA) is 40.5 Å². The summed E-state index contributed by atoms with van der Waals surface area (Å²) in [6.45, 7) is 16.9. The van der Waals surface area contributed by atoms with Gasteiger partial charge in [0.2, 0.25) is 0 Å². The highest BCUT2D eigenvalue weighted by Gasteiger charge is 2.38. The van der Waals surface area contributed by atoms with Gasteiger partial charge < -0.3 is 9.90 Å². The van der Waals surface area contributed by atoms with Crippen molar-refractivity contribution < 1.29 is 9.90 Å². The van der Waals surface area contributed by atoms with Crippen LogP contribution in [-0.2, 0) is 5.41 Å². The molecule has 1 rings (SSSR count). The van der Waals surface area contributed by atoms with E-state index in [4.69, 9.17) is 0 Å². The van der Waals surface area contributed by atoms with E-state index in [1.54, 1.807) is 0 Å². The molecule has 0 aromatic heterocycles. The molecule has 0 aliphatic carbocycles. The van der Waals surface area contributed by atoms with Crippen LogP contribution in [0.5, 0.6) is 5.75 Å². The molecule has 0 aliphatic rings. The van der Waals surface area contributed by atoms with E-state index in [2.05, 4.69) is 40.7 Å². The van der Waals surface area contributed by atoms with Crippen molar-refractivity contribution in [3.8, 4) is 5.75 Å². The highest BCUT2D eigenvalue weighted by Crippen LogP contribution is 2.43. The Morgan fingerprint density at radius 2 is 1.55 bits per heavy atom. The van der Waals surface area contributed by atoms with Gasteiger partial charge in [0.15, 0.2) is 8.32 Å². The molecule has 0 amide bonds. The molecule has 1 aromatic carbocycles. The van der Waals surface area contributed by atoms with Crippen LogP contribution in [0.2, 0.25) is 18.1 Å². The van der Waals surface area contributed by atoms with Gasteiger partial charge in [-0.2, -0.15) is 0 Å². The molecule has 0 saturated heterocycles. The third-order valence-electron chi connectivity index (χ3n) is 5.40. The molecule has 0 atom stereocenters. The van der Waals surface area contributed by atoms with Crippen LogP contribution in [0, 0.1) is 13.8 Å². The summed E-state index contributed by atoms with van der Waals surface area (Å²) in [7, 11) is -2.14. The molecule has 0 saturated carbocycles. The lowest BCUT2D eigenvalue weighted by Crippen LogP contribution is -2.39. The first-order chi connectivity index (χ1) is 9.78. The second-order valence-corrected chi connectivity index (χ2v) is 13.1. The number of phenols is 1. The Morgan fingerprint density at radius 1 is 1.00 bits per heavy atom. The van der Waals surface area contributed by atoms with Gasteiger partial charge in [-0.05, 0) is 67.4 Å². The van der Waals surface area contributed by atoms with Gasteiger partial charge in [-0.3, -0.25) is 0 Å². The van der Waals surface area contributed by atoms with Gasteiger partial charge in [-0.1, -0.05) is 40.2 Å². The van der Waals surface area contributed by atoms with Gasteiger partial charge in [0.25, 0.3) is 0 Å². The number of hydrogen-bond donors (Lipinski definition) is 2. The molecule has 3 heteroatoms. The first-order valence-corrected chi connectivity index (χ1v) is 11.3. The van der Waals surface area contributed by atoms with E-state index in [0.29, 0.717) is 5.75 Å². The summed E-state index contributed by atoms with van der Waals surface area (Å²) < 4.78 is 0. The highest BCUT2D eigenvalue weighted by molar-refractivity contribution is 6.72. The predicted octanol–water partition coefficient (Wildman–Crippen LogP) is 5.43. The van der Waals surface area contributed by atoms with Gasteiger partial charge in [-0.25, -0.2) is 0 Å². The van der Waals surface area contributed by atoms with Crippen molar-refractivity contribution in [1.29, 1.82) is 0 Å². The fraction of sp³-hybridized carbons (Fsp3) is 0.684. The van der Waals surface area contributed by atoms with Gasteiger partial charge in [0.1, 0.15) is 5.75 Å². The molecule has 0 bridgehead atoms. The van der Waals surface area contributed by atoms with Crippen molar-refractivity contribution in [1.82, 2.24) is 0 Å². The van der Waals surface area contributed by atoms with Gasteiger partial charge in [-0.15, -0.1) is 0 Å². The van der Waals surface area contributed by atoms with Crippen molar-refractivity contribution in [3.63, 3.8) is 0 Å². The maximum absolute atomic E-state index is 10.4. The maximum Gasteiger partial charge on any atom is 0.188 e. The van der Waals surface area contributed by atoms with E-state index in [1.165, 1.54) is 5.56 Å². The Kier molecular flexibility index (Phi) is 5.57. The molecule has 126 valence electrons. The first kappa shape index (κ1) is 19.2. The number of benzene rings is 1. The second-order valence-electron chi connectivity index (χ2n) is 8.66. The molecule has 1 aromatic rings. The zero-order valence-electron chi connectivity index (χ0n) is 15.7. The minimum absolute atomic E-state index is 0.0213. The summed E-state index contributed by atoms with van der Waals surface area (Å²) in [5, 5.41) is 10.4. The average molecular weight is 323 g/mol. The van der Waals surface area contributed by atoms with Crippen molar-refractivity contribution in [2.24, 2.45) is 0 Å². The SMILES string of the molecule is Cc1cc(C)c(C(C)(C)CCCC(C)(C)[Si](C)(C)O)c(O)c1. The third kappa shape index (κ3) is 4.36. The van der Waals surface area contributed by atoms with E-state index in [1.807, 2.05) is 26.1 Å². The van der Waals surface area contributed by atoms with Crippen LogP contribution in [0.15, 0.2) is 12.1 Å². The fourth-order valence-corrected chi connectivity index (χ4v) is 4.02. The quantitative estimate of drug-likeness (QED) is 0.685. The van der Waals surface area contributed by atoms with Crippen LogP contribution in [0.4, 0.5) is 0 Å². The Labute approximate surface area is 137 Å². The number of phenolic OH excluding ortho intramolecular Hbond substituents is 1. The Morgan fingerprint density at radius 3 is 2.00 bits per heavy atom. The van der Waals surface area contributed by atoms with E-state index in [-0.39, 0.29) is 10.5 Å². The van der Waals surface area contributed by atoms with E-state index in [9.17, 15) is 9.90 Å². The van der Waals surface area contributed by atoms with Gasteiger partial charge in [0, 0.05) is 5.56 Å². The minimum atomic E-state index is -2.14. The molecule has 0 unspecified atom stereocenters. The van der Waals surface area contributed by atoms with E-state index in [0.717, 1.165) is 30.4 Å². The zero-order valence-corrected chi connectivity index (χ0v) is 16.7. The summed E-state index contributed by atoms with van der Waals surface area (Å²) in [6, 6.07) is 4.00. The van der Waals surface area contributed by atoms with Crippen molar-refractivity contribution in [2.75, 3.05) is 0 Å². The van der Waals surface area contributed by atoms with Crippen LogP contribution in [0.3, 0.4) is 0 Å². The van der Waals surface area contributed by atoms with Crippen molar-refractivity contribution >= 4 is 8.32 Å². The number of aryl methyl sites for hydroxylation is 2. The number of aromatic hydroxyl groups is 1. The van der Waals surface area contributed by atoms with Crippen LogP contribution < -0.4 is 0 Å². The second kappa shape index (κ2) is 6.36. The lowest BCUT2D eigenvalue weighted by atomic mass is 9.76. The molecule has 2 nitrogen and oxygen atoms in total. The highest BCUT2D eigenvalue weighted by atomic mass is 28.4. The predicted molar refractivity (Wildman–Crippen MR) is 98.2 cm³/mol. The summed E-state index contributed by atoms with van der Waals surface area (Å²) in [6.07, 6.45) is 3.10. The Balaban J connectivity index is 2.86. The van der Waals surface area contributed by atoms with Crippen molar-refractivity contribution in [3.05, 3.63) is 28.8 Å². The lowest BCUT2D eigenvalue weighted by Gasteiger charge is -2.36. The Bertz CT molecular complexity index is 502. The van der Waals surface area contributed by atoms with E-state index < -0.39 is 8.32 Å². The monoisotopic (exact) mass is 322 g/mol. The molecule has 0 heterocycles. The maximum atomic E-state index is 10.4. The molecule has 0 spiro atoms. The third-order valence-corrected chi connectivity index (χ3v) is 8.96. The summed E-state index contributed by atoms with van der Waals surface area (Å²) in [5.41, 5.74) is 3.28. The van der Waals surface area contributed by atoms with Crippen LogP contribution in [-0.4, -0.2) is 18.2 Å². The average Bonchev–Trinajstić information content (AvgIpc) is 2.23. The number of rotatable bonds is 6. The standard InChI is InChI=1S/C19H34O2Si/c1-14-12-15(2)17(16(20)13-14)18(3,4)10-9-11-19(5,6)22(7,8)21/h12-13,20-21H,9-11H2,1-8H3. The molecule has 0 radical (unpaired) electrons. The molecular weight excluding hydrogens is 288 g/mol. The lowest BCUT2D eigenvalue weighted by molar-refractivity contribution is 0.381. The summed E-state index contributed by atoms with van der Waals surface area (Å²) in [4.78, 5) is 10.4. The zero-order chi connectivity index (χ0) is 17.3. The fourth-order valence-electron chi connectivity index (χ4n) is 3.23.